The molecule has 2 aromatic heterocycles. The molecule has 6 nitrogen and oxygen atoms in total. The van der Waals surface area contributed by atoms with Gasteiger partial charge in [0, 0.05) is 28.0 Å². The quantitative estimate of drug-likeness (QED) is 0.554. The van der Waals surface area contributed by atoms with Crippen molar-refractivity contribution >= 4 is 27.9 Å². The van der Waals surface area contributed by atoms with Gasteiger partial charge in [0.1, 0.15) is 17.0 Å². The highest BCUT2D eigenvalue weighted by molar-refractivity contribution is 6.12. The minimum absolute atomic E-state index is 0.563. The number of aromatic nitrogens is 3. The first-order valence-corrected chi connectivity index (χ1v) is 8.12. The van der Waals surface area contributed by atoms with Crippen LogP contribution in [0.4, 0.5) is 0 Å². The van der Waals surface area contributed by atoms with Crippen LogP contribution in [0.3, 0.4) is 0 Å². The van der Waals surface area contributed by atoms with Crippen LogP contribution in [0.5, 0.6) is 5.75 Å². The van der Waals surface area contributed by atoms with Gasteiger partial charge in [0.05, 0.1) is 30.5 Å². The predicted octanol–water partition coefficient (Wildman–Crippen LogP) is 4.10. The van der Waals surface area contributed by atoms with Crippen LogP contribution >= 0.6 is 0 Å². The first-order chi connectivity index (χ1) is 13.2. The van der Waals surface area contributed by atoms with E-state index in [1.165, 1.54) is 4.68 Å². The number of hydrogen-bond acceptors (Lipinski definition) is 5. The smallest absolute Gasteiger partial charge is 0.207 e. The fourth-order valence-electron chi connectivity index (χ4n) is 3.16. The van der Waals surface area contributed by atoms with Crippen LogP contribution in [0, 0.1) is 22.8 Å². The highest BCUT2D eigenvalue weighted by Gasteiger charge is 2.17. The lowest BCUT2D eigenvalue weighted by Crippen LogP contribution is -1.92. The molecule has 0 saturated carbocycles. The molecule has 2 heterocycles. The van der Waals surface area contributed by atoms with Crippen molar-refractivity contribution < 1.29 is 4.74 Å². The Morgan fingerprint density at radius 1 is 1.19 bits per heavy atom. The third-order valence-corrected chi connectivity index (χ3v) is 4.47. The average Bonchev–Trinajstić information content (AvgIpc) is 3.11. The SMILES string of the molecule is C=Cc1cc2c(cc1OC)ncc1c2c(-c2ccc(C#N)cc2)nn1C#N. The van der Waals surface area contributed by atoms with Crippen LogP contribution in [0.1, 0.15) is 11.1 Å². The van der Waals surface area contributed by atoms with E-state index >= 15 is 0 Å². The van der Waals surface area contributed by atoms with Gasteiger partial charge < -0.3 is 4.74 Å². The van der Waals surface area contributed by atoms with Crippen molar-refractivity contribution in [3.8, 4) is 29.3 Å². The minimum Gasteiger partial charge on any atom is -0.496 e. The zero-order chi connectivity index (χ0) is 19.0. The normalized spacial score (nSPS) is 10.5. The van der Waals surface area contributed by atoms with E-state index in [1.807, 2.05) is 24.3 Å². The van der Waals surface area contributed by atoms with Crippen LogP contribution in [0.15, 0.2) is 49.2 Å². The lowest BCUT2D eigenvalue weighted by atomic mass is 10.0. The van der Waals surface area contributed by atoms with Gasteiger partial charge in [-0.3, -0.25) is 4.98 Å². The van der Waals surface area contributed by atoms with Gasteiger partial charge in [-0.1, -0.05) is 24.8 Å². The van der Waals surface area contributed by atoms with Gasteiger partial charge >= 0.3 is 0 Å². The molecule has 0 amide bonds. The van der Waals surface area contributed by atoms with E-state index in [4.69, 9.17) is 10.00 Å². The summed E-state index contributed by atoms with van der Waals surface area (Å²) in [4.78, 5) is 4.47. The Balaban J connectivity index is 2.12. The first-order valence-electron chi connectivity index (χ1n) is 8.12. The van der Waals surface area contributed by atoms with Crippen LogP contribution < -0.4 is 4.74 Å². The Labute approximate surface area is 155 Å². The second kappa shape index (κ2) is 6.29. The van der Waals surface area contributed by atoms with Crippen LogP contribution in [0.25, 0.3) is 39.1 Å². The lowest BCUT2D eigenvalue weighted by molar-refractivity contribution is 0.414. The van der Waals surface area contributed by atoms with E-state index in [2.05, 4.69) is 28.9 Å². The van der Waals surface area contributed by atoms with E-state index in [0.717, 1.165) is 27.4 Å². The molecular formula is C21H13N5O. The Kier molecular flexibility index (Phi) is 3.80. The number of rotatable bonds is 3. The molecule has 4 aromatic rings. The molecule has 0 fully saturated rings. The summed E-state index contributed by atoms with van der Waals surface area (Å²) in [6, 6.07) is 13.0. The highest BCUT2D eigenvalue weighted by Crippen LogP contribution is 2.36. The maximum Gasteiger partial charge on any atom is 0.207 e. The van der Waals surface area contributed by atoms with Crippen molar-refractivity contribution in [2.75, 3.05) is 7.11 Å². The Bertz CT molecular complexity index is 1290. The van der Waals surface area contributed by atoms with Crippen LogP contribution in [-0.4, -0.2) is 21.9 Å². The lowest BCUT2D eigenvalue weighted by Gasteiger charge is -2.08. The van der Waals surface area contributed by atoms with Gasteiger partial charge in [-0.15, -0.1) is 0 Å². The van der Waals surface area contributed by atoms with Crippen molar-refractivity contribution in [2.45, 2.75) is 0 Å². The Hall–Kier alpha value is -4.16. The molecule has 0 saturated heterocycles. The van der Waals surface area contributed by atoms with Gasteiger partial charge in [-0.2, -0.15) is 20.3 Å². The van der Waals surface area contributed by atoms with E-state index < -0.39 is 0 Å². The van der Waals surface area contributed by atoms with E-state index in [9.17, 15) is 5.26 Å². The maximum atomic E-state index is 9.48. The molecule has 0 bridgehead atoms. The second-order valence-electron chi connectivity index (χ2n) is 5.88. The van der Waals surface area contributed by atoms with Crippen molar-refractivity contribution in [1.82, 2.24) is 14.8 Å². The summed E-state index contributed by atoms with van der Waals surface area (Å²) in [7, 11) is 1.60. The van der Waals surface area contributed by atoms with Gasteiger partial charge in [0.25, 0.3) is 0 Å². The van der Waals surface area contributed by atoms with E-state index in [-0.39, 0.29) is 0 Å². The molecule has 0 aliphatic rings. The monoisotopic (exact) mass is 351 g/mol. The molecule has 6 heteroatoms. The molecule has 0 atom stereocenters. The maximum absolute atomic E-state index is 9.48. The number of nitrogens with zero attached hydrogens (tertiary/aromatic N) is 5. The van der Waals surface area contributed by atoms with Crippen molar-refractivity contribution in [2.24, 2.45) is 0 Å². The third-order valence-electron chi connectivity index (χ3n) is 4.47. The fourth-order valence-corrected chi connectivity index (χ4v) is 3.16. The number of nitriles is 2. The molecule has 27 heavy (non-hydrogen) atoms. The summed E-state index contributed by atoms with van der Waals surface area (Å²) in [5, 5.41) is 24.6. The van der Waals surface area contributed by atoms with Crippen molar-refractivity contribution in [3.05, 3.63) is 60.3 Å². The average molecular weight is 351 g/mol. The van der Waals surface area contributed by atoms with Crippen molar-refractivity contribution in [3.63, 3.8) is 0 Å². The molecule has 2 aromatic carbocycles. The number of benzene rings is 2. The zero-order valence-corrected chi connectivity index (χ0v) is 14.5. The molecule has 0 N–H and O–H groups in total. The number of ether oxygens (including phenoxy) is 1. The molecule has 0 aliphatic heterocycles. The summed E-state index contributed by atoms with van der Waals surface area (Å²) in [6.45, 7) is 3.84. The molecule has 128 valence electrons. The molecule has 0 aliphatic carbocycles. The predicted molar refractivity (Wildman–Crippen MR) is 103 cm³/mol. The number of hydrogen-bond donors (Lipinski definition) is 0. The van der Waals surface area contributed by atoms with Gasteiger partial charge in [0.2, 0.25) is 6.19 Å². The minimum atomic E-state index is 0.563. The molecule has 0 radical (unpaired) electrons. The zero-order valence-electron chi connectivity index (χ0n) is 14.5. The van der Waals surface area contributed by atoms with Gasteiger partial charge in [-0.25, -0.2) is 0 Å². The summed E-state index contributed by atoms with van der Waals surface area (Å²) in [5.74, 6) is 0.678. The topological polar surface area (TPSA) is 87.5 Å². The largest absolute Gasteiger partial charge is 0.496 e. The van der Waals surface area contributed by atoms with E-state index in [0.29, 0.717) is 22.5 Å². The Morgan fingerprint density at radius 3 is 2.59 bits per heavy atom. The number of pyridine rings is 1. The molecule has 4 rings (SSSR count). The van der Waals surface area contributed by atoms with Gasteiger partial charge in [0.15, 0.2) is 0 Å². The second-order valence-corrected chi connectivity index (χ2v) is 5.88. The summed E-state index contributed by atoms with van der Waals surface area (Å²) >= 11 is 0. The highest BCUT2D eigenvalue weighted by atomic mass is 16.5. The van der Waals surface area contributed by atoms with Crippen LogP contribution in [-0.2, 0) is 0 Å². The van der Waals surface area contributed by atoms with E-state index in [1.54, 1.807) is 31.5 Å². The van der Waals surface area contributed by atoms with Gasteiger partial charge in [-0.05, 0) is 18.2 Å². The van der Waals surface area contributed by atoms with Crippen molar-refractivity contribution in [1.29, 1.82) is 10.5 Å². The number of methoxy groups -OCH3 is 1. The molecule has 0 spiro atoms. The third kappa shape index (κ3) is 2.48. The first kappa shape index (κ1) is 16.3. The molecular weight excluding hydrogens is 338 g/mol. The standard InChI is InChI=1S/C21H13N5O/c1-3-14-8-16-17(9-19(14)27-2)24-11-18-20(16)21(25-26(18)12-23)15-6-4-13(10-22)5-7-15/h3-9,11H,1H2,2H3. The Morgan fingerprint density at radius 2 is 1.96 bits per heavy atom. The molecule has 0 unspecified atom stereocenters. The summed E-state index contributed by atoms with van der Waals surface area (Å²) in [5.41, 5.74) is 4.21. The fraction of sp³-hybridized carbons (Fsp3) is 0.0476. The number of fused-ring (bicyclic) bond motifs is 3. The summed E-state index contributed by atoms with van der Waals surface area (Å²) in [6.07, 6.45) is 5.42. The van der Waals surface area contributed by atoms with Crippen LogP contribution in [0.2, 0.25) is 0 Å². The summed E-state index contributed by atoms with van der Waals surface area (Å²) < 4.78 is 6.67.